The smallest absolute Gasteiger partial charge is 0.350 e. The molecular formula is C11H20O5. The molecule has 1 atom stereocenters. The van der Waals surface area contributed by atoms with Crippen LogP contribution in [0.15, 0.2) is 0 Å². The summed E-state index contributed by atoms with van der Waals surface area (Å²) in [7, 11) is 1.26. The predicted octanol–water partition coefficient (Wildman–Crippen LogP) is 1.30. The summed E-state index contributed by atoms with van der Waals surface area (Å²) in [5.74, 6) is -1.13. The molecule has 0 fully saturated rings. The van der Waals surface area contributed by atoms with Crippen LogP contribution in [0.3, 0.4) is 0 Å². The molecule has 0 aromatic carbocycles. The third-order valence-electron chi connectivity index (χ3n) is 2.17. The zero-order valence-electron chi connectivity index (χ0n) is 10.5. The van der Waals surface area contributed by atoms with Crippen LogP contribution in [0.4, 0.5) is 0 Å². The first-order valence-corrected chi connectivity index (χ1v) is 5.27. The average Bonchev–Trinajstić information content (AvgIpc) is 2.24. The van der Waals surface area contributed by atoms with E-state index in [4.69, 9.17) is 9.47 Å². The molecule has 94 valence electrons. The van der Waals surface area contributed by atoms with Gasteiger partial charge >= 0.3 is 11.9 Å². The molecule has 0 amide bonds. The molecule has 0 radical (unpaired) electrons. The van der Waals surface area contributed by atoms with Gasteiger partial charge in [0.25, 0.3) is 0 Å². The van der Waals surface area contributed by atoms with E-state index in [0.717, 1.165) is 0 Å². The molecule has 0 aliphatic rings. The molecule has 0 bridgehead atoms. The number of hydrogen-bond acceptors (Lipinski definition) is 5. The lowest BCUT2D eigenvalue weighted by molar-refractivity contribution is -0.182. The van der Waals surface area contributed by atoms with E-state index < -0.39 is 17.5 Å². The minimum absolute atomic E-state index is 0.0569. The Labute approximate surface area is 96.1 Å². The van der Waals surface area contributed by atoms with Crippen molar-refractivity contribution >= 4 is 11.9 Å². The van der Waals surface area contributed by atoms with Crippen molar-refractivity contribution in [3.8, 4) is 0 Å². The van der Waals surface area contributed by atoms with E-state index in [2.05, 4.69) is 4.74 Å². The molecule has 0 rings (SSSR count). The quantitative estimate of drug-likeness (QED) is 0.646. The van der Waals surface area contributed by atoms with Crippen molar-refractivity contribution in [2.75, 3.05) is 13.7 Å². The van der Waals surface area contributed by atoms with E-state index in [1.807, 2.05) is 13.8 Å². The molecule has 0 aromatic rings. The van der Waals surface area contributed by atoms with Crippen LogP contribution in [-0.2, 0) is 23.8 Å². The first kappa shape index (κ1) is 14.9. The number of methoxy groups -OCH3 is 1. The lowest BCUT2D eigenvalue weighted by atomic mass is 10.0. The fraction of sp³-hybridized carbons (Fsp3) is 0.818. The Morgan fingerprint density at radius 3 is 2.25 bits per heavy atom. The number of esters is 2. The normalized spacial score (nSPS) is 14.4. The predicted molar refractivity (Wildman–Crippen MR) is 57.9 cm³/mol. The van der Waals surface area contributed by atoms with E-state index in [9.17, 15) is 9.59 Å². The molecular weight excluding hydrogens is 212 g/mol. The molecule has 5 heteroatoms. The highest BCUT2D eigenvalue weighted by Crippen LogP contribution is 2.17. The highest BCUT2D eigenvalue weighted by molar-refractivity contribution is 5.83. The maximum atomic E-state index is 11.4. The molecule has 16 heavy (non-hydrogen) atoms. The third kappa shape index (κ3) is 4.61. The fourth-order valence-corrected chi connectivity index (χ4v) is 0.989. The largest absolute Gasteiger partial charge is 0.466 e. The Bertz CT molecular complexity index is 249. The summed E-state index contributed by atoms with van der Waals surface area (Å²) in [5.41, 5.74) is -1.23. The van der Waals surface area contributed by atoms with Crippen molar-refractivity contribution in [2.24, 2.45) is 0 Å². The summed E-state index contributed by atoms with van der Waals surface area (Å²) in [4.78, 5) is 22.8. The zero-order chi connectivity index (χ0) is 12.8. The fourth-order valence-electron chi connectivity index (χ4n) is 0.989. The second kappa shape index (κ2) is 6.48. The first-order valence-electron chi connectivity index (χ1n) is 5.27. The second-order valence-corrected chi connectivity index (χ2v) is 3.91. The summed E-state index contributed by atoms with van der Waals surface area (Å²) in [6.45, 7) is 6.73. The molecule has 0 saturated carbocycles. The SMILES string of the molecule is CC[C@](C)(OC(=O)COC(C)C)C(=O)OC. The van der Waals surface area contributed by atoms with Crippen LogP contribution in [0, 0.1) is 0 Å². The van der Waals surface area contributed by atoms with Crippen LogP contribution in [0.1, 0.15) is 34.1 Å². The lowest BCUT2D eigenvalue weighted by Crippen LogP contribution is -2.41. The van der Waals surface area contributed by atoms with E-state index in [1.54, 1.807) is 6.92 Å². The maximum Gasteiger partial charge on any atom is 0.350 e. The van der Waals surface area contributed by atoms with E-state index >= 15 is 0 Å². The Morgan fingerprint density at radius 2 is 1.88 bits per heavy atom. The van der Waals surface area contributed by atoms with Crippen molar-refractivity contribution in [3.63, 3.8) is 0 Å². The molecule has 0 aliphatic heterocycles. The van der Waals surface area contributed by atoms with E-state index in [0.29, 0.717) is 6.42 Å². The van der Waals surface area contributed by atoms with Gasteiger partial charge in [0.05, 0.1) is 13.2 Å². The van der Waals surface area contributed by atoms with Crippen LogP contribution in [0.2, 0.25) is 0 Å². The standard InChI is InChI=1S/C11H20O5/c1-6-11(4,10(13)14-5)16-9(12)7-15-8(2)3/h8H,6-7H2,1-5H3/t11-/m0/s1. The maximum absolute atomic E-state index is 11.4. The summed E-state index contributed by atoms with van der Waals surface area (Å²) in [6, 6.07) is 0. The minimum atomic E-state index is -1.23. The van der Waals surface area contributed by atoms with Crippen LogP contribution in [-0.4, -0.2) is 37.4 Å². The number of ether oxygens (including phenoxy) is 3. The Hall–Kier alpha value is -1.10. The first-order chi connectivity index (χ1) is 7.35. The zero-order valence-corrected chi connectivity index (χ0v) is 10.5. The van der Waals surface area contributed by atoms with Gasteiger partial charge in [-0.05, 0) is 27.2 Å². The van der Waals surface area contributed by atoms with Crippen LogP contribution in [0.5, 0.6) is 0 Å². The topological polar surface area (TPSA) is 61.8 Å². The van der Waals surface area contributed by atoms with Gasteiger partial charge in [-0.1, -0.05) is 6.92 Å². The Kier molecular flexibility index (Phi) is 6.03. The van der Waals surface area contributed by atoms with Gasteiger partial charge in [0.15, 0.2) is 0 Å². The molecule has 0 aliphatic carbocycles. The van der Waals surface area contributed by atoms with Crippen molar-refractivity contribution in [1.82, 2.24) is 0 Å². The average molecular weight is 232 g/mol. The van der Waals surface area contributed by atoms with Gasteiger partial charge in [-0.2, -0.15) is 0 Å². The van der Waals surface area contributed by atoms with Crippen molar-refractivity contribution in [3.05, 3.63) is 0 Å². The summed E-state index contributed by atoms with van der Waals surface area (Å²) in [6.07, 6.45) is 0.297. The monoisotopic (exact) mass is 232 g/mol. The number of carbonyl (C=O) groups excluding carboxylic acids is 2. The van der Waals surface area contributed by atoms with Crippen LogP contribution in [0.25, 0.3) is 0 Å². The van der Waals surface area contributed by atoms with Gasteiger partial charge in [-0.25, -0.2) is 9.59 Å². The molecule has 0 saturated heterocycles. The van der Waals surface area contributed by atoms with Crippen molar-refractivity contribution < 1.29 is 23.8 Å². The Morgan fingerprint density at radius 1 is 1.31 bits per heavy atom. The minimum Gasteiger partial charge on any atom is -0.466 e. The van der Waals surface area contributed by atoms with Gasteiger partial charge in [-0.3, -0.25) is 0 Å². The lowest BCUT2D eigenvalue weighted by Gasteiger charge is -2.25. The van der Waals surface area contributed by atoms with Crippen molar-refractivity contribution in [1.29, 1.82) is 0 Å². The summed E-state index contributed by atoms with van der Waals surface area (Å²) >= 11 is 0. The number of carbonyl (C=O) groups is 2. The van der Waals surface area contributed by atoms with Gasteiger partial charge in [0.1, 0.15) is 6.61 Å². The van der Waals surface area contributed by atoms with Gasteiger partial charge in [0.2, 0.25) is 5.60 Å². The van der Waals surface area contributed by atoms with Gasteiger partial charge in [-0.15, -0.1) is 0 Å². The van der Waals surface area contributed by atoms with E-state index in [-0.39, 0.29) is 12.7 Å². The van der Waals surface area contributed by atoms with Crippen LogP contribution >= 0.6 is 0 Å². The molecule has 0 aromatic heterocycles. The van der Waals surface area contributed by atoms with E-state index in [1.165, 1.54) is 14.0 Å². The summed E-state index contributed by atoms with van der Waals surface area (Å²) in [5, 5.41) is 0. The molecule has 5 nitrogen and oxygen atoms in total. The molecule has 0 spiro atoms. The highest BCUT2D eigenvalue weighted by Gasteiger charge is 2.36. The number of rotatable bonds is 6. The molecule has 0 N–H and O–H groups in total. The molecule has 0 unspecified atom stereocenters. The highest BCUT2D eigenvalue weighted by atomic mass is 16.6. The third-order valence-corrected chi connectivity index (χ3v) is 2.17. The van der Waals surface area contributed by atoms with Crippen molar-refractivity contribution in [2.45, 2.75) is 45.8 Å². The van der Waals surface area contributed by atoms with Gasteiger partial charge in [0, 0.05) is 0 Å². The molecule has 0 heterocycles. The second-order valence-electron chi connectivity index (χ2n) is 3.91. The summed E-state index contributed by atoms with van der Waals surface area (Å²) < 4.78 is 14.7. The Balaban J connectivity index is 4.31. The number of hydrogen-bond donors (Lipinski definition) is 0. The van der Waals surface area contributed by atoms with Crippen LogP contribution < -0.4 is 0 Å². The van der Waals surface area contributed by atoms with Gasteiger partial charge < -0.3 is 14.2 Å².